The molecule has 0 amide bonds. The number of rotatable bonds is 11. The molecule has 2 aromatic carbocycles. The number of hydrogen-bond donors (Lipinski definition) is 0. The van der Waals surface area contributed by atoms with Crippen molar-refractivity contribution in [2.45, 2.75) is 26.1 Å². The van der Waals surface area contributed by atoms with Gasteiger partial charge in [-0.2, -0.15) is 0 Å². The minimum atomic E-state index is 0.0370. The summed E-state index contributed by atoms with van der Waals surface area (Å²) in [7, 11) is 3.39. The molecule has 0 unspecified atom stereocenters. The zero-order valence-corrected chi connectivity index (χ0v) is 19.1. The summed E-state index contributed by atoms with van der Waals surface area (Å²) in [6.45, 7) is 5.22. The van der Waals surface area contributed by atoms with E-state index in [1.807, 2.05) is 38.1 Å². The first-order valence-corrected chi connectivity index (χ1v) is 14.5. The summed E-state index contributed by atoms with van der Waals surface area (Å²) in [5.41, 5.74) is 0. The van der Waals surface area contributed by atoms with Gasteiger partial charge in [0.15, 0.2) is 0 Å². The molecule has 0 aliphatic rings. The van der Waals surface area contributed by atoms with E-state index in [0.29, 0.717) is 39.5 Å². The third kappa shape index (κ3) is 6.96. The second kappa shape index (κ2) is 11.7. The number of benzene rings is 2. The van der Waals surface area contributed by atoms with Crippen LogP contribution in [0.2, 0.25) is 0 Å². The van der Waals surface area contributed by atoms with E-state index in [0.717, 1.165) is 11.5 Å². The minimum absolute atomic E-state index is 0.0370. The zero-order valence-electron chi connectivity index (χ0n) is 15.6. The first-order valence-electron chi connectivity index (χ1n) is 8.47. The molecule has 4 nitrogen and oxygen atoms in total. The standard InChI is InChI=1S/C20H26O4Se2/c1-15(13-21-3)23-17-9-5-7-11-19(17)25-26-20-12-8-6-10-18(20)24-16(2)14-22-4/h5-12,15-16H,13-14H2,1-4H3/t15-,16-/m1/s1. The van der Waals surface area contributed by atoms with Crippen LogP contribution in [0.3, 0.4) is 0 Å². The van der Waals surface area contributed by atoms with Crippen molar-refractivity contribution in [2.24, 2.45) is 0 Å². The van der Waals surface area contributed by atoms with Crippen LogP contribution in [-0.4, -0.2) is 65.9 Å². The Morgan fingerprint density at radius 1 is 0.692 bits per heavy atom. The average Bonchev–Trinajstić information content (AvgIpc) is 2.62. The van der Waals surface area contributed by atoms with Gasteiger partial charge in [-0.25, -0.2) is 0 Å². The Kier molecular flexibility index (Phi) is 9.55. The van der Waals surface area contributed by atoms with Gasteiger partial charge < -0.3 is 0 Å². The molecule has 0 saturated carbocycles. The first-order chi connectivity index (χ1) is 12.6. The fourth-order valence-electron chi connectivity index (χ4n) is 2.29. The molecule has 0 N–H and O–H groups in total. The van der Waals surface area contributed by atoms with Gasteiger partial charge in [-0.15, -0.1) is 0 Å². The molecule has 6 heteroatoms. The average molecular weight is 488 g/mol. The fraction of sp³-hybridized carbons (Fsp3) is 0.400. The molecule has 0 spiro atoms. The van der Waals surface area contributed by atoms with Crippen LogP contribution in [0.25, 0.3) is 0 Å². The van der Waals surface area contributed by atoms with E-state index in [1.165, 1.54) is 8.92 Å². The molecule has 0 aliphatic heterocycles. The van der Waals surface area contributed by atoms with Crippen LogP contribution in [0.4, 0.5) is 0 Å². The van der Waals surface area contributed by atoms with Crippen LogP contribution in [0, 0.1) is 0 Å². The van der Waals surface area contributed by atoms with Gasteiger partial charge in [0.25, 0.3) is 0 Å². The monoisotopic (exact) mass is 490 g/mol. The molecule has 26 heavy (non-hydrogen) atoms. The Balaban J connectivity index is 2.05. The summed E-state index contributed by atoms with van der Waals surface area (Å²) >= 11 is 0.612. The second-order valence-corrected chi connectivity index (χ2v) is 12.0. The fourth-order valence-corrected chi connectivity index (χ4v) is 9.02. The van der Waals surface area contributed by atoms with Gasteiger partial charge in [-0.05, 0) is 0 Å². The molecule has 2 rings (SSSR count). The third-order valence-corrected chi connectivity index (χ3v) is 10.5. The molecule has 0 fully saturated rings. The quantitative estimate of drug-likeness (QED) is 0.453. The Bertz CT molecular complexity index is 608. The van der Waals surface area contributed by atoms with Crippen molar-refractivity contribution in [1.29, 1.82) is 0 Å². The van der Waals surface area contributed by atoms with Gasteiger partial charge in [0.2, 0.25) is 0 Å². The predicted octanol–water partition coefficient (Wildman–Crippen LogP) is 1.79. The van der Waals surface area contributed by atoms with Crippen molar-refractivity contribution < 1.29 is 18.9 Å². The first kappa shape index (κ1) is 21.3. The zero-order chi connectivity index (χ0) is 18.8. The van der Waals surface area contributed by atoms with E-state index in [2.05, 4.69) is 24.3 Å². The van der Waals surface area contributed by atoms with Gasteiger partial charge in [0.1, 0.15) is 0 Å². The van der Waals surface area contributed by atoms with Crippen LogP contribution in [0.5, 0.6) is 11.5 Å². The molecular weight excluding hydrogens is 462 g/mol. The van der Waals surface area contributed by atoms with E-state index < -0.39 is 0 Å². The predicted molar refractivity (Wildman–Crippen MR) is 108 cm³/mol. The summed E-state index contributed by atoms with van der Waals surface area (Å²) in [5, 5.41) is 0. The van der Waals surface area contributed by atoms with Crippen LogP contribution in [0.15, 0.2) is 48.5 Å². The Morgan fingerprint density at radius 2 is 1.08 bits per heavy atom. The molecule has 0 heterocycles. The number of para-hydroxylation sites is 2. The van der Waals surface area contributed by atoms with Crippen LogP contribution < -0.4 is 18.4 Å². The van der Waals surface area contributed by atoms with Gasteiger partial charge in [0.05, 0.1) is 0 Å². The van der Waals surface area contributed by atoms with Crippen LogP contribution in [0.1, 0.15) is 13.8 Å². The van der Waals surface area contributed by atoms with Gasteiger partial charge >= 0.3 is 168 Å². The van der Waals surface area contributed by atoms with Crippen molar-refractivity contribution in [1.82, 2.24) is 0 Å². The van der Waals surface area contributed by atoms with Crippen LogP contribution >= 0.6 is 0 Å². The summed E-state index contributed by atoms with van der Waals surface area (Å²) in [5.74, 6) is 1.93. The van der Waals surface area contributed by atoms with Crippen molar-refractivity contribution in [3.63, 3.8) is 0 Å². The van der Waals surface area contributed by atoms with E-state index >= 15 is 0 Å². The summed E-state index contributed by atoms with van der Waals surface area (Å²) in [6.07, 6.45) is 0.0740. The summed E-state index contributed by atoms with van der Waals surface area (Å²) < 4.78 is 25.0. The molecule has 2 atom stereocenters. The third-order valence-electron chi connectivity index (χ3n) is 3.38. The molecule has 0 radical (unpaired) electrons. The summed E-state index contributed by atoms with van der Waals surface area (Å²) in [6, 6.07) is 16.6. The van der Waals surface area contributed by atoms with Gasteiger partial charge in [-0.1, -0.05) is 0 Å². The Hall–Kier alpha value is -1.00. The van der Waals surface area contributed by atoms with Crippen molar-refractivity contribution in [3.8, 4) is 11.5 Å². The number of ether oxygens (including phenoxy) is 4. The molecule has 0 bridgehead atoms. The van der Waals surface area contributed by atoms with Crippen molar-refractivity contribution in [3.05, 3.63) is 48.5 Å². The topological polar surface area (TPSA) is 36.9 Å². The molecular formula is C20H26O4Se2. The van der Waals surface area contributed by atoms with Crippen LogP contribution in [-0.2, 0) is 9.47 Å². The van der Waals surface area contributed by atoms with E-state index in [1.54, 1.807) is 14.2 Å². The molecule has 0 saturated heterocycles. The van der Waals surface area contributed by atoms with Gasteiger partial charge in [-0.3, -0.25) is 0 Å². The maximum atomic E-state index is 6.05. The Labute approximate surface area is 167 Å². The molecule has 2 aromatic rings. The second-order valence-electron chi connectivity index (χ2n) is 5.83. The van der Waals surface area contributed by atoms with E-state index in [-0.39, 0.29) is 12.2 Å². The van der Waals surface area contributed by atoms with E-state index in [9.17, 15) is 0 Å². The molecule has 142 valence electrons. The molecule has 0 aliphatic carbocycles. The maximum absolute atomic E-state index is 6.05. The number of methoxy groups -OCH3 is 2. The normalized spacial score (nSPS) is 13.2. The number of hydrogen-bond acceptors (Lipinski definition) is 4. The SMILES string of the molecule is COC[C@@H](C)Oc1ccccc1[Se][Se]c1ccccc1O[C@H](C)COC. The van der Waals surface area contributed by atoms with Crippen molar-refractivity contribution in [2.75, 3.05) is 27.4 Å². The Morgan fingerprint density at radius 3 is 1.46 bits per heavy atom. The summed E-state index contributed by atoms with van der Waals surface area (Å²) in [4.78, 5) is 0. The van der Waals surface area contributed by atoms with E-state index in [4.69, 9.17) is 18.9 Å². The van der Waals surface area contributed by atoms with Gasteiger partial charge in [0, 0.05) is 0 Å². The van der Waals surface area contributed by atoms with Crippen molar-refractivity contribution >= 4 is 35.2 Å². The molecule has 0 aromatic heterocycles.